The van der Waals surface area contributed by atoms with Crippen molar-refractivity contribution in [3.63, 3.8) is 0 Å². The van der Waals surface area contributed by atoms with Crippen LogP contribution in [0.4, 0.5) is 5.69 Å². The first kappa shape index (κ1) is 17.4. The molecule has 0 aliphatic rings. The van der Waals surface area contributed by atoms with Gasteiger partial charge < -0.3 is 5.11 Å². The Kier molecular flexibility index (Phi) is 5.09. The van der Waals surface area contributed by atoms with E-state index < -0.39 is 11.5 Å². The summed E-state index contributed by atoms with van der Waals surface area (Å²) in [4.78, 5) is 23.5. The highest BCUT2D eigenvalue weighted by atomic mass is 35.5. The number of rotatable bonds is 5. The largest absolute Gasteiger partial charge is 0.478 e. The van der Waals surface area contributed by atoms with Crippen LogP contribution in [0.2, 0.25) is 5.02 Å². The van der Waals surface area contributed by atoms with Gasteiger partial charge in [-0.3, -0.25) is 10.2 Å². The highest BCUT2D eigenvalue weighted by Gasteiger charge is 2.10. The maximum atomic E-state index is 12.4. The summed E-state index contributed by atoms with van der Waals surface area (Å²) in [6.45, 7) is 0. The minimum absolute atomic E-state index is 0.0764. The summed E-state index contributed by atoms with van der Waals surface area (Å²) in [5.74, 6) is -1.06. The lowest BCUT2D eigenvalue weighted by Crippen LogP contribution is -2.22. The maximum Gasteiger partial charge on any atom is 0.336 e. The van der Waals surface area contributed by atoms with Crippen LogP contribution in [0, 0.1) is 0 Å². The summed E-state index contributed by atoms with van der Waals surface area (Å²) in [5.41, 5.74) is 3.45. The summed E-state index contributed by atoms with van der Waals surface area (Å²) in [7, 11) is 0. The lowest BCUT2D eigenvalue weighted by atomic mass is 10.1. The summed E-state index contributed by atoms with van der Waals surface area (Å²) in [6, 6.07) is 15.3. The molecule has 0 radical (unpaired) electrons. The Morgan fingerprint density at radius 3 is 2.58 bits per heavy atom. The van der Waals surface area contributed by atoms with E-state index in [0.29, 0.717) is 11.3 Å². The van der Waals surface area contributed by atoms with E-state index in [-0.39, 0.29) is 16.3 Å². The first-order valence-corrected chi connectivity index (χ1v) is 7.90. The quantitative estimate of drug-likeness (QED) is 0.533. The molecule has 7 nitrogen and oxygen atoms in total. The third-order valence-electron chi connectivity index (χ3n) is 3.50. The van der Waals surface area contributed by atoms with Gasteiger partial charge in [-0.15, -0.1) is 0 Å². The molecule has 1 aromatic heterocycles. The normalized spacial score (nSPS) is 10.8. The molecular weight excluding hydrogens is 356 g/mol. The number of anilines is 1. The molecule has 0 aliphatic heterocycles. The van der Waals surface area contributed by atoms with Gasteiger partial charge in [-0.05, 0) is 18.2 Å². The van der Waals surface area contributed by atoms with Gasteiger partial charge in [0.1, 0.15) is 10.7 Å². The predicted octanol–water partition coefficient (Wildman–Crippen LogP) is 3.03. The molecule has 0 saturated carbocycles. The molecule has 0 aliphatic carbocycles. The van der Waals surface area contributed by atoms with E-state index in [4.69, 9.17) is 16.7 Å². The van der Waals surface area contributed by atoms with E-state index in [0.717, 1.165) is 0 Å². The molecule has 130 valence electrons. The molecule has 0 bridgehead atoms. The van der Waals surface area contributed by atoms with E-state index in [1.165, 1.54) is 23.2 Å². The van der Waals surface area contributed by atoms with Gasteiger partial charge in [-0.1, -0.05) is 48.0 Å². The van der Waals surface area contributed by atoms with E-state index in [1.54, 1.807) is 42.5 Å². The second-order valence-electron chi connectivity index (χ2n) is 5.19. The summed E-state index contributed by atoms with van der Waals surface area (Å²) >= 11 is 6.11. The van der Waals surface area contributed by atoms with Gasteiger partial charge in [0.15, 0.2) is 0 Å². The van der Waals surface area contributed by atoms with Gasteiger partial charge in [0.05, 0.1) is 23.7 Å². The molecule has 8 heteroatoms. The molecule has 2 N–H and O–H groups in total. The van der Waals surface area contributed by atoms with Crippen molar-refractivity contribution in [1.29, 1.82) is 0 Å². The Balaban J connectivity index is 1.85. The third kappa shape index (κ3) is 3.62. The first-order chi connectivity index (χ1) is 12.6. The van der Waals surface area contributed by atoms with Gasteiger partial charge in [-0.25, -0.2) is 4.79 Å². The summed E-state index contributed by atoms with van der Waals surface area (Å²) in [5, 5.41) is 17.1. The van der Waals surface area contributed by atoms with Crippen LogP contribution in [0.25, 0.3) is 5.69 Å². The predicted molar refractivity (Wildman–Crippen MR) is 99.5 cm³/mol. The molecule has 0 fully saturated rings. The Hall–Kier alpha value is -3.45. The first-order valence-electron chi connectivity index (χ1n) is 7.52. The minimum atomic E-state index is -1.06. The lowest BCUT2D eigenvalue weighted by Gasteiger charge is -2.07. The number of nitrogens with one attached hydrogen (secondary N) is 1. The summed E-state index contributed by atoms with van der Waals surface area (Å²) in [6.07, 6.45) is 2.71. The van der Waals surface area contributed by atoms with Gasteiger partial charge in [0, 0.05) is 5.56 Å². The number of benzene rings is 2. The number of hydrogen-bond donors (Lipinski definition) is 2. The number of hydrazone groups is 1. The third-order valence-corrected chi connectivity index (χ3v) is 3.86. The highest BCUT2D eigenvalue weighted by Crippen LogP contribution is 2.16. The number of carbonyl (C=O) groups is 1. The van der Waals surface area contributed by atoms with Crippen LogP contribution >= 0.6 is 11.6 Å². The fourth-order valence-corrected chi connectivity index (χ4v) is 2.41. The van der Waals surface area contributed by atoms with Crippen molar-refractivity contribution in [3.05, 3.63) is 87.3 Å². The van der Waals surface area contributed by atoms with Crippen LogP contribution in [-0.2, 0) is 0 Å². The number of nitrogens with zero attached hydrogens (tertiary/aromatic N) is 3. The SMILES string of the molecule is O=C(O)c1ccccc1/C=N\Nc1cnn(-c2ccccc2)c(=O)c1Cl. The fraction of sp³-hybridized carbons (Fsp3) is 0. The van der Waals surface area contributed by atoms with Crippen LogP contribution in [-0.4, -0.2) is 27.1 Å². The molecule has 0 unspecified atom stereocenters. The number of para-hydroxylation sites is 1. The van der Waals surface area contributed by atoms with E-state index in [1.807, 2.05) is 6.07 Å². The molecule has 1 heterocycles. The summed E-state index contributed by atoms with van der Waals surface area (Å²) < 4.78 is 1.18. The van der Waals surface area contributed by atoms with Crippen LogP contribution in [0.1, 0.15) is 15.9 Å². The standard InChI is InChI=1S/C18H13ClN4O3/c19-16-15(11-21-23(17(16)24)13-7-2-1-3-8-13)22-20-10-12-6-4-5-9-14(12)18(25)26/h1-11,22H,(H,25,26)/b20-10-. The lowest BCUT2D eigenvalue weighted by molar-refractivity contribution is 0.0697. The van der Waals surface area contributed by atoms with Gasteiger partial charge in [-0.2, -0.15) is 14.9 Å². The van der Waals surface area contributed by atoms with Gasteiger partial charge in [0.2, 0.25) is 0 Å². The van der Waals surface area contributed by atoms with Crippen molar-refractivity contribution >= 4 is 29.5 Å². The van der Waals surface area contributed by atoms with E-state index in [9.17, 15) is 9.59 Å². The molecule has 0 saturated heterocycles. The smallest absolute Gasteiger partial charge is 0.336 e. The average molecular weight is 369 g/mol. The van der Waals surface area contributed by atoms with E-state index >= 15 is 0 Å². The Morgan fingerprint density at radius 2 is 1.85 bits per heavy atom. The van der Waals surface area contributed by atoms with Crippen molar-refractivity contribution < 1.29 is 9.90 Å². The Morgan fingerprint density at radius 1 is 1.15 bits per heavy atom. The monoisotopic (exact) mass is 368 g/mol. The number of aromatic carboxylic acids is 1. The van der Waals surface area contributed by atoms with Crippen molar-refractivity contribution in [1.82, 2.24) is 9.78 Å². The average Bonchev–Trinajstić information content (AvgIpc) is 2.66. The molecule has 2 aromatic carbocycles. The molecular formula is C18H13ClN4O3. The number of aromatic nitrogens is 2. The Labute approximate surface area is 153 Å². The second-order valence-corrected chi connectivity index (χ2v) is 5.57. The molecule has 3 rings (SSSR count). The zero-order valence-corrected chi connectivity index (χ0v) is 14.1. The molecule has 0 atom stereocenters. The highest BCUT2D eigenvalue weighted by molar-refractivity contribution is 6.32. The van der Waals surface area contributed by atoms with Gasteiger partial charge in [0.25, 0.3) is 5.56 Å². The number of hydrogen-bond acceptors (Lipinski definition) is 5. The molecule has 0 spiro atoms. The maximum absolute atomic E-state index is 12.4. The Bertz CT molecular complexity index is 1030. The van der Waals surface area contributed by atoms with Crippen LogP contribution < -0.4 is 11.0 Å². The van der Waals surface area contributed by atoms with Crippen LogP contribution in [0.15, 0.2) is 70.7 Å². The minimum Gasteiger partial charge on any atom is -0.478 e. The van der Waals surface area contributed by atoms with Crippen molar-refractivity contribution in [2.45, 2.75) is 0 Å². The zero-order chi connectivity index (χ0) is 18.5. The molecule has 3 aromatic rings. The van der Waals surface area contributed by atoms with Crippen LogP contribution in [0.5, 0.6) is 0 Å². The second kappa shape index (κ2) is 7.62. The topological polar surface area (TPSA) is 96.6 Å². The molecule has 0 amide bonds. The fourth-order valence-electron chi connectivity index (χ4n) is 2.24. The van der Waals surface area contributed by atoms with Crippen molar-refractivity contribution in [2.24, 2.45) is 5.10 Å². The zero-order valence-electron chi connectivity index (χ0n) is 13.3. The number of halogens is 1. The van der Waals surface area contributed by atoms with E-state index in [2.05, 4.69) is 15.6 Å². The van der Waals surface area contributed by atoms with Gasteiger partial charge >= 0.3 is 5.97 Å². The van der Waals surface area contributed by atoms with Crippen molar-refractivity contribution in [3.8, 4) is 5.69 Å². The van der Waals surface area contributed by atoms with Crippen LogP contribution in [0.3, 0.4) is 0 Å². The number of carboxylic acids is 1. The molecule has 26 heavy (non-hydrogen) atoms. The number of carboxylic acid groups (broad SMARTS) is 1. The van der Waals surface area contributed by atoms with Crippen molar-refractivity contribution in [2.75, 3.05) is 5.43 Å².